The Labute approximate surface area is 208 Å². The van der Waals surface area contributed by atoms with E-state index in [0.29, 0.717) is 6.42 Å². The Morgan fingerprint density at radius 2 is 1.83 bits per heavy atom. The number of carbonyl (C=O) groups excluding carboxylic acids is 2. The lowest BCUT2D eigenvalue weighted by Gasteiger charge is -2.38. The van der Waals surface area contributed by atoms with Crippen molar-refractivity contribution < 1.29 is 39.5 Å². The van der Waals surface area contributed by atoms with E-state index in [1.54, 1.807) is 0 Å². The normalized spacial score (nSPS) is 21.5. The summed E-state index contributed by atoms with van der Waals surface area (Å²) in [5.74, 6) is -3.33. The van der Waals surface area contributed by atoms with Crippen molar-refractivity contribution in [1.29, 1.82) is 0 Å². The van der Waals surface area contributed by atoms with Crippen LogP contribution in [-0.2, 0) is 25.5 Å². The number of nitrogens with two attached hydrogens (primary N) is 1. The molecule has 12 heteroatoms. The zero-order valence-electron chi connectivity index (χ0n) is 20.0. The monoisotopic (exact) mass is 506 g/mol. The van der Waals surface area contributed by atoms with Gasteiger partial charge in [0.15, 0.2) is 5.96 Å². The minimum Gasteiger partial charge on any atom is -0.478 e. The van der Waals surface area contributed by atoms with Gasteiger partial charge in [0.1, 0.15) is 18.3 Å². The number of hydrogen-bond donors (Lipinski definition) is 7. The molecule has 36 heavy (non-hydrogen) atoms. The molecule has 2 rings (SSSR count). The number of ether oxygens (including phenoxy) is 1. The Kier molecular flexibility index (Phi) is 11.3. The highest BCUT2D eigenvalue weighted by atomic mass is 16.5. The van der Waals surface area contributed by atoms with Gasteiger partial charge in [-0.25, -0.2) is 9.79 Å². The lowest BCUT2D eigenvalue weighted by molar-refractivity contribution is -0.145. The highest BCUT2D eigenvalue weighted by molar-refractivity contribution is 5.96. The SMILES string of the molecule is CC(=O)N[C@H]1[C@H]([C@H](O)[C@H](O)CO)OC(C(=O)O)=C[C@@H]1N=C(N)NC(=O)CCCCCc1ccccc1. The molecule has 0 aromatic heterocycles. The molecule has 12 nitrogen and oxygen atoms in total. The number of hydrogen-bond acceptors (Lipinski definition) is 8. The number of nitrogens with one attached hydrogen (secondary N) is 2. The Morgan fingerprint density at radius 3 is 2.44 bits per heavy atom. The molecule has 0 saturated heterocycles. The summed E-state index contributed by atoms with van der Waals surface area (Å²) in [4.78, 5) is 39.7. The Balaban J connectivity index is 2.04. The van der Waals surface area contributed by atoms with Crippen molar-refractivity contribution in [3.05, 3.63) is 47.7 Å². The molecule has 1 heterocycles. The number of carboxylic acid groups (broad SMARTS) is 1. The Hall–Kier alpha value is -3.48. The van der Waals surface area contributed by atoms with Crippen LogP contribution in [0.2, 0.25) is 0 Å². The number of aliphatic carboxylic acids is 1. The van der Waals surface area contributed by atoms with E-state index in [9.17, 15) is 34.8 Å². The second kappa shape index (κ2) is 14.2. The van der Waals surface area contributed by atoms with E-state index >= 15 is 0 Å². The van der Waals surface area contributed by atoms with Gasteiger partial charge in [-0.2, -0.15) is 0 Å². The summed E-state index contributed by atoms with van der Waals surface area (Å²) in [7, 11) is 0. The van der Waals surface area contributed by atoms with Gasteiger partial charge < -0.3 is 36.2 Å². The van der Waals surface area contributed by atoms with E-state index in [1.165, 1.54) is 12.5 Å². The van der Waals surface area contributed by atoms with Crippen LogP contribution in [0.4, 0.5) is 0 Å². The number of guanidine groups is 1. The number of nitrogens with zero attached hydrogens (tertiary/aromatic N) is 1. The van der Waals surface area contributed by atoms with Gasteiger partial charge in [-0.3, -0.25) is 14.9 Å². The molecule has 1 aliphatic rings. The fourth-order valence-electron chi connectivity index (χ4n) is 3.80. The van der Waals surface area contributed by atoms with Crippen LogP contribution in [-0.4, -0.2) is 81.2 Å². The molecule has 0 radical (unpaired) electrons. The molecule has 0 unspecified atom stereocenters. The lowest BCUT2D eigenvalue weighted by atomic mass is 9.92. The smallest absolute Gasteiger partial charge is 0.370 e. The third-order valence-electron chi connectivity index (χ3n) is 5.57. The van der Waals surface area contributed by atoms with Crippen LogP contribution < -0.4 is 16.4 Å². The third-order valence-corrected chi connectivity index (χ3v) is 5.57. The first kappa shape index (κ1) is 28.8. The molecule has 0 aliphatic carbocycles. The average Bonchev–Trinajstić information content (AvgIpc) is 2.83. The van der Waals surface area contributed by atoms with Crippen molar-refractivity contribution in [2.24, 2.45) is 10.7 Å². The van der Waals surface area contributed by atoms with Gasteiger partial charge in [-0.1, -0.05) is 36.8 Å². The number of amides is 2. The van der Waals surface area contributed by atoms with Crippen molar-refractivity contribution in [2.45, 2.75) is 69.4 Å². The molecule has 198 valence electrons. The van der Waals surface area contributed by atoms with E-state index in [0.717, 1.165) is 25.3 Å². The van der Waals surface area contributed by atoms with Gasteiger partial charge in [0.05, 0.1) is 18.7 Å². The summed E-state index contributed by atoms with van der Waals surface area (Å²) < 4.78 is 5.28. The zero-order chi connectivity index (χ0) is 26.7. The number of carboxylic acids is 1. The van der Waals surface area contributed by atoms with Crippen LogP contribution in [0.1, 0.15) is 38.2 Å². The van der Waals surface area contributed by atoms with Crippen LogP contribution in [0.25, 0.3) is 0 Å². The Morgan fingerprint density at radius 1 is 1.14 bits per heavy atom. The number of rotatable bonds is 12. The van der Waals surface area contributed by atoms with Crippen LogP contribution in [0.15, 0.2) is 47.2 Å². The van der Waals surface area contributed by atoms with Crippen molar-refractivity contribution in [3.63, 3.8) is 0 Å². The van der Waals surface area contributed by atoms with Gasteiger partial charge in [-0.05, 0) is 30.9 Å². The molecule has 0 fully saturated rings. The molecule has 1 aromatic rings. The number of aliphatic hydroxyl groups is 3. The van der Waals surface area contributed by atoms with Crippen molar-refractivity contribution in [2.75, 3.05) is 6.61 Å². The minimum absolute atomic E-state index is 0.203. The fraction of sp³-hybridized carbons (Fsp3) is 0.500. The maximum Gasteiger partial charge on any atom is 0.370 e. The number of carbonyl (C=O) groups is 3. The number of unbranched alkanes of at least 4 members (excludes halogenated alkanes) is 2. The maximum absolute atomic E-state index is 12.3. The largest absolute Gasteiger partial charge is 0.478 e. The molecule has 0 saturated carbocycles. The molecule has 5 atom stereocenters. The summed E-state index contributed by atoms with van der Waals surface area (Å²) in [5.41, 5.74) is 7.10. The first-order valence-corrected chi connectivity index (χ1v) is 11.6. The zero-order valence-corrected chi connectivity index (χ0v) is 20.0. The molecule has 0 bridgehead atoms. The summed E-state index contributed by atoms with van der Waals surface area (Å²) in [6, 6.07) is 7.69. The van der Waals surface area contributed by atoms with Gasteiger partial charge in [0.25, 0.3) is 0 Å². The summed E-state index contributed by atoms with van der Waals surface area (Å²) >= 11 is 0. The topological polar surface area (TPSA) is 204 Å². The quantitative estimate of drug-likeness (QED) is 0.107. The summed E-state index contributed by atoms with van der Waals surface area (Å²) in [6.45, 7) is 0.351. The highest BCUT2D eigenvalue weighted by Crippen LogP contribution is 2.25. The molecule has 1 aromatic carbocycles. The average molecular weight is 507 g/mol. The molecule has 2 amide bonds. The Bertz CT molecular complexity index is 953. The molecule has 0 spiro atoms. The predicted octanol–water partition coefficient (Wildman–Crippen LogP) is -0.825. The second-order valence-electron chi connectivity index (χ2n) is 8.48. The number of aliphatic imine (C=N–C) groups is 1. The molecular formula is C24H34N4O8. The second-order valence-corrected chi connectivity index (χ2v) is 8.48. The van der Waals surface area contributed by atoms with E-state index < -0.39 is 54.6 Å². The number of aliphatic hydroxyl groups excluding tert-OH is 3. The maximum atomic E-state index is 12.3. The summed E-state index contributed by atoms with van der Waals surface area (Å²) in [6.07, 6.45) is -0.343. The van der Waals surface area contributed by atoms with E-state index in [4.69, 9.17) is 10.5 Å². The van der Waals surface area contributed by atoms with Crippen molar-refractivity contribution >= 4 is 23.7 Å². The van der Waals surface area contributed by atoms with Crippen molar-refractivity contribution in [3.8, 4) is 0 Å². The minimum atomic E-state index is -1.76. The van der Waals surface area contributed by atoms with E-state index in [1.807, 2.05) is 30.3 Å². The van der Waals surface area contributed by atoms with Gasteiger partial charge in [-0.15, -0.1) is 0 Å². The van der Waals surface area contributed by atoms with Crippen LogP contribution in [0.3, 0.4) is 0 Å². The van der Waals surface area contributed by atoms with E-state index in [2.05, 4.69) is 15.6 Å². The van der Waals surface area contributed by atoms with Crippen LogP contribution in [0, 0.1) is 0 Å². The molecule has 1 aliphatic heterocycles. The van der Waals surface area contributed by atoms with Crippen LogP contribution >= 0.6 is 0 Å². The van der Waals surface area contributed by atoms with Crippen molar-refractivity contribution in [1.82, 2.24) is 10.6 Å². The predicted molar refractivity (Wildman–Crippen MR) is 129 cm³/mol. The molecule has 8 N–H and O–H groups in total. The third kappa shape index (κ3) is 8.95. The van der Waals surface area contributed by atoms with Gasteiger partial charge >= 0.3 is 5.97 Å². The van der Waals surface area contributed by atoms with Crippen LogP contribution in [0.5, 0.6) is 0 Å². The first-order valence-electron chi connectivity index (χ1n) is 11.6. The van der Waals surface area contributed by atoms with E-state index in [-0.39, 0.29) is 18.3 Å². The highest BCUT2D eigenvalue weighted by Gasteiger charge is 2.43. The van der Waals surface area contributed by atoms with Gasteiger partial charge in [0.2, 0.25) is 17.6 Å². The fourth-order valence-corrected chi connectivity index (χ4v) is 3.80. The molecular weight excluding hydrogens is 472 g/mol. The lowest BCUT2D eigenvalue weighted by Crippen LogP contribution is -2.60. The van der Waals surface area contributed by atoms with Gasteiger partial charge in [0, 0.05) is 13.3 Å². The summed E-state index contributed by atoms with van der Waals surface area (Å²) in [5, 5.41) is 43.7. The standard InChI is InChI=1S/C24H34N4O8/c1-14(30)26-20-16(12-18(23(34)35)36-22(20)21(33)17(31)13-29)27-24(25)28-19(32)11-7-3-6-10-15-8-4-2-5-9-15/h2,4-5,8-9,12,16-17,20-22,29,31,33H,3,6-7,10-11,13H2,1H3,(H,26,30)(H,34,35)(H3,25,27,28,32)/t16-,17+,20+,21+,22+/m0/s1. The number of aryl methyl sites for hydroxylation is 1. The number of benzene rings is 1. The first-order chi connectivity index (χ1) is 17.1.